The number of rotatable bonds is 8. The molecule has 10 nitrogen and oxygen atoms in total. The lowest BCUT2D eigenvalue weighted by molar-refractivity contribution is -0.394. The molecule has 0 unspecified atom stereocenters. The van der Waals surface area contributed by atoms with Crippen LogP contribution in [0.2, 0.25) is 0 Å². The van der Waals surface area contributed by atoms with Gasteiger partial charge in [0.15, 0.2) is 0 Å². The molecule has 1 aromatic carbocycles. The Labute approximate surface area is 133 Å². The minimum atomic E-state index is -4.38. The van der Waals surface area contributed by atoms with Gasteiger partial charge in [-0.15, -0.1) is 0 Å². The van der Waals surface area contributed by atoms with Crippen molar-refractivity contribution in [3.63, 3.8) is 0 Å². The highest BCUT2D eigenvalue weighted by atomic mass is 32.2. The molecule has 0 spiro atoms. The summed E-state index contributed by atoms with van der Waals surface area (Å²) in [4.78, 5) is 21.4. The SMILES string of the molecule is CCCN(CCC)c1c([N+](=O)[O-])cc([N+](=O)[O-])cc1S(N)(=O)=O. The molecule has 2 N–H and O–H groups in total. The van der Waals surface area contributed by atoms with E-state index in [-0.39, 0.29) is 5.69 Å². The fourth-order valence-electron chi connectivity index (χ4n) is 2.23. The second kappa shape index (κ2) is 7.33. The predicted octanol–water partition coefficient (Wildman–Crippen LogP) is 1.78. The summed E-state index contributed by atoms with van der Waals surface area (Å²) in [5, 5.41) is 27.4. The molecule has 23 heavy (non-hydrogen) atoms. The first-order chi connectivity index (χ1) is 10.6. The standard InChI is InChI=1S/C12H18N4O6S/c1-3-5-14(6-4-2)12-10(16(19)20)7-9(15(17)18)8-11(12)23(13,21)22/h7-8H,3-6H2,1-2H3,(H2,13,21,22). The minimum absolute atomic E-state index is 0.202. The van der Waals surface area contributed by atoms with Crippen LogP contribution in [0.25, 0.3) is 0 Å². The molecule has 0 fully saturated rings. The van der Waals surface area contributed by atoms with E-state index in [1.807, 2.05) is 13.8 Å². The summed E-state index contributed by atoms with van der Waals surface area (Å²) in [5.74, 6) is 0. The molecule has 0 aliphatic heterocycles. The zero-order valence-corrected chi connectivity index (χ0v) is 13.6. The van der Waals surface area contributed by atoms with Gasteiger partial charge in [0.1, 0.15) is 10.6 Å². The number of nitrogens with two attached hydrogens (primary N) is 1. The first-order valence-corrected chi connectivity index (χ1v) is 8.42. The van der Waals surface area contributed by atoms with Gasteiger partial charge in [0.05, 0.1) is 15.9 Å². The average Bonchev–Trinajstić information content (AvgIpc) is 2.44. The number of nitro benzene ring substituents is 2. The lowest BCUT2D eigenvalue weighted by atomic mass is 10.2. The molecule has 0 saturated heterocycles. The van der Waals surface area contributed by atoms with Crippen LogP contribution < -0.4 is 10.0 Å². The molecule has 0 atom stereocenters. The van der Waals surface area contributed by atoms with Gasteiger partial charge in [0.2, 0.25) is 10.0 Å². The Kier molecular flexibility index (Phi) is 5.98. The van der Waals surface area contributed by atoms with Gasteiger partial charge < -0.3 is 4.90 Å². The number of primary sulfonamides is 1. The maximum Gasteiger partial charge on any atom is 0.300 e. The second-order valence-corrected chi connectivity index (χ2v) is 6.39. The van der Waals surface area contributed by atoms with E-state index in [1.54, 1.807) is 0 Å². The maximum atomic E-state index is 11.8. The molecule has 0 bridgehead atoms. The summed E-state index contributed by atoms with van der Waals surface area (Å²) in [6.45, 7) is 4.37. The second-order valence-electron chi connectivity index (χ2n) is 4.86. The van der Waals surface area contributed by atoms with Gasteiger partial charge in [0, 0.05) is 19.2 Å². The predicted molar refractivity (Wildman–Crippen MR) is 83.9 cm³/mol. The van der Waals surface area contributed by atoms with Crippen molar-refractivity contribution in [3.05, 3.63) is 32.4 Å². The van der Waals surface area contributed by atoms with E-state index in [0.717, 1.165) is 12.1 Å². The van der Waals surface area contributed by atoms with Gasteiger partial charge in [-0.2, -0.15) is 0 Å². The summed E-state index contributed by atoms with van der Waals surface area (Å²) in [5.41, 5.74) is -1.55. The number of hydrogen-bond donors (Lipinski definition) is 1. The highest BCUT2D eigenvalue weighted by Crippen LogP contribution is 2.38. The van der Waals surface area contributed by atoms with Gasteiger partial charge in [0.25, 0.3) is 5.69 Å². The molecular weight excluding hydrogens is 328 g/mol. The molecule has 0 heterocycles. The first-order valence-electron chi connectivity index (χ1n) is 6.88. The maximum absolute atomic E-state index is 11.8. The number of sulfonamides is 1. The Morgan fingerprint density at radius 3 is 1.96 bits per heavy atom. The van der Waals surface area contributed by atoms with Crippen LogP contribution in [0.5, 0.6) is 0 Å². The fourth-order valence-corrected chi connectivity index (χ4v) is 3.02. The van der Waals surface area contributed by atoms with Crippen LogP contribution in [-0.4, -0.2) is 31.4 Å². The molecule has 0 radical (unpaired) electrons. The third-order valence-electron chi connectivity index (χ3n) is 3.06. The quantitative estimate of drug-likeness (QED) is 0.556. The van der Waals surface area contributed by atoms with Crippen LogP contribution in [0.15, 0.2) is 17.0 Å². The molecule has 0 aliphatic carbocycles. The lowest BCUT2D eigenvalue weighted by Crippen LogP contribution is -2.29. The zero-order chi connectivity index (χ0) is 17.8. The largest absolute Gasteiger partial charge is 0.365 e. The molecule has 0 aliphatic rings. The Balaban J connectivity index is 3.81. The number of non-ortho nitro benzene ring substituents is 1. The fraction of sp³-hybridized carbons (Fsp3) is 0.500. The van der Waals surface area contributed by atoms with Gasteiger partial charge >= 0.3 is 5.69 Å². The van der Waals surface area contributed by atoms with Crippen molar-refractivity contribution in [3.8, 4) is 0 Å². The van der Waals surface area contributed by atoms with Gasteiger partial charge in [-0.3, -0.25) is 20.2 Å². The van der Waals surface area contributed by atoms with E-state index in [9.17, 15) is 28.6 Å². The summed E-state index contributed by atoms with van der Waals surface area (Å²) in [7, 11) is -4.38. The molecule has 1 rings (SSSR count). The number of hydrogen-bond acceptors (Lipinski definition) is 7. The third kappa shape index (κ3) is 4.36. The van der Waals surface area contributed by atoms with Crippen LogP contribution in [0, 0.1) is 20.2 Å². The van der Waals surface area contributed by atoms with Crippen molar-refractivity contribution in [2.24, 2.45) is 5.14 Å². The van der Waals surface area contributed by atoms with Crippen molar-refractivity contribution in [2.45, 2.75) is 31.6 Å². The van der Waals surface area contributed by atoms with E-state index < -0.39 is 36.1 Å². The highest BCUT2D eigenvalue weighted by molar-refractivity contribution is 7.89. The van der Waals surface area contributed by atoms with Crippen molar-refractivity contribution in [2.75, 3.05) is 18.0 Å². The summed E-state index contributed by atoms with van der Waals surface area (Å²) in [6.07, 6.45) is 1.22. The smallest absolute Gasteiger partial charge is 0.300 e. The summed E-state index contributed by atoms with van der Waals surface area (Å²) >= 11 is 0. The van der Waals surface area contributed by atoms with Crippen molar-refractivity contribution < 1.29 is 18.3 Å². The van der Waals surface area contributed by atoms with Gasteiger partial charge in [-0.25, -0.2) is 13.6 Å². The van der Waals surface area contributed by atoms with Crippen LogP contribution >= 0.6 is 0 Å². The van der Waals surface area contributed by atoms with Gasteiger partial charge in [-0.1, -0.05) is 13.8 Å². The molecule has 128 valence electrons. The molecule has 0 aromatic heterocycles. The number of benzene rings is 1. The highest BCUT2D eigenvalue weighted by Gasteiger charge is 2.31. The van der Waals surface area contributed by atoms with Crippen LogP contribution in [0.3, 0.4) is 0 Å². The molecule has 11 heteroatoms. The van der Waals surface area contributed by atoms with Crippen molar-refractivity contribution >= 4 is 27.1 Å². The molecular formula is C12H18N4O6S. The van der Waals surface area contributed by atoms with Crippen molar-refractivity contribution in [1.82, 2.24) is 0 Å². The Morgan fingerprint density at radius 2 is 1.61 bits per heavy atom. The first kappa shape index (κ1) is 18.8. The number of anilines is 1. The molecule has 0 saturated carbocycles. The number of nitrogens with zero attached hydrogens (tertiary/aromatic N) is 3. The minimum Gasteiger partial charge on any atom is -0.365 e. The Hall–Kier alpha value is -2.27. The number of nitro groups is 2. The average molecular weight is 346 g/mol. The van der Waals surface area contributed by atoms with Gasteiger partial charge in [-0.05, 0) is 12.8 Å². The summed E-state index contributed by atoms with van der Waals surface area (Å²) in [6, 6.07) is 1.51. The normalized spacial score (nSPS) is 11.3. The van der Waals surface area contributed by atoms with Crippen LogP contribution in [-0.2, 0) is 10.0 Å². The lowest BCUT2D eigenvalue weighted by Gasteiger charge is -2.25. The van der Waals surface area contributed by atoms with E-state index in [2.05, 4.69) is 0 Å². The molecule has 1 aromatic rings. The third-order valence-corrected chi connectivity index (χ3v) is 3.98. The van der Waals surface area contributed by atoms with Crippen LogP contribution in [0.4, 0.5) is 17.1 Å². The van der Waals surface area contributed by atoms with Crippen LogP contribution in [0.1, 0.15) is 26.7 Å². The van der Waals surface area contributed by atoms with E-state index in [0.29, 0.717) is 25.9 Å². The Bertz CT molecular complexity index is 713. The Morgan fingerprint density at radius 1 is 1.09 bits per heavy atom. The van der Waals surface area contributed by atoms with E-state index in [4.69, 9.17) is 5.14 Å². The monoisotopic (exact) mass is 346 g/mol. The van der Waals surface area contributed by atoms with E-state index in [1.165, 1.54) is 4.90 Å². The topological polar surface area (TPSA) is 150 Å². The summed E-state index contributed by atoms with van der Waals surface area (Å²) < 4.78 is 23.6. The zero-order valence-electron chi connectivity index (χ0n) is 12.8. The molecule has 0 amide bonds. The van der Waals surface area contributed by atoms with Crippen molar-refractivity contribution in [1.29, 1.82) is 0 Å². The van der Waals surface area contributed by atoms with E-state index >= 15 is 0 Å².